The molecule has 0 aromatic carbocycles. The number of nitrogen functional groups attached to an aromatic ring is 1. The Morgan fingerprint density at radius 3 is 2.85 bits per heavy atom. The van der Waals surface area contributed by atoms with Crippen LogP contribution < -0.4 is 16.6 Å². The van der Waals surface area contributed by atoms with E-state index in [0.717, 1.165) is 5.69 Å². The molecule has 0 atom stereocenters. The molecule has 0 aliphatic carbocycles. The van der Waals surface area contributed by atoms with Crippen LogP contribution in [0.5, 0.6) is 0 Å². The van der Waals surface area contributed by atoms with Crippen molar-refractivity contribution in [2.75, 3.05) is 17.3 Å². The normalized spacial score (nSPS) is 10.3. The number of rotatable bonds is 7. The van der Waals surface area contributed by atoms with Gasteiger partial charge in [-0.3, -0.25) is 0 Å². The Bertz CT molecular complexity index is 535. The molecule has 2 rings (SSSR count). The third-order valence-electron chi connectivity index (χ3n) is 2.43. The van der Waals surface area contributed by atoms with Gasteiger partial charge in [0.25, 0.3) is 0 Å². The summed E-state index contributed by atoms with van der Waals surface area (Å²) >= 11 is 0. The Labute approximate surface area is 116 Å². The molecule has 0 bridgehead atoms. The van der Waals surface area contributed by atoms with Crippen molar-refractivity contribution in [3.63, 3.8) is 0 Å². The van der Waals surface area contributed by atoms with E-state index >= 15 is 0 Å². The predicted molar refractivity (Wildman–Crippen MR) is 74.5 cm³/mol. The molecule has 106 valence electrons. The van der Waals surface area contributed by atoms with Crippen LogP contribution in [0.25, 0.3) is 0 Å². The topological polar surface area (TPSA) is 111 Å². The van der Waals surface area contributed by atoms with Crippen LogP contribution in [-0.2, 0) is 17.9 Å². The average molecular weight is 275 g/mol. The molecular formula is C12H17N7O. The van der Waals surface area contributed by atoms with E-state index in [4.69, 9.17) is 10.6 Å². The second-order valence-electron chi connectivity index (χ2n) is 3.90. The molecule has 0 saturated carbocycles. The fourth-order valence-electron chi connectivity index (χ4n) is 1.53. The molecule has 0 unspecified atom stereocenters. The highest BCUT2D eigenvalue weighted by Gasteiger charge is 2.04. The monoisotopic (exact) mass is 275 g/mol. The summed E-state index contributed by atoms with van der Waals surface area (Å²) in [5.74, 6) is 7.12. The number of nitrogens with zero attached hydrogens (tertiary/aromatic N) is 4. The lowest BCUT2D eigenvalue weighted by Crippen LogP contribution is -2.13. The van der Waals surface area contributed by atoms with Crippen LogP contribution in [0, 0.1) is 0 Å². The Morgan fingerprint density at radius 2 is 2.15 bits per heavy atom. The molecule has 2 aromatic rings. The van der Waals surface area contributed by atoms with Gasteiger partial charge in [-0.2, -0.15) is 10.2 Å². The van der Waals surface area contributed by atoms with Gasteiger partial charge in [0.05, 0.1) is 12.2 Å². The molecule has 0 radical (unpaired) electrons. The first-order valence-electron chi connectivity index (χ1n) is 6.24. The molecule has 4 N–H and O–H groups in total. The smallest absolute Gasteiger partial charge is 0.158 e. The van der Waals surface area contributed by atoms with E-state index < -0.39 is 0 Å². The van der Waals surface area contributed by atoms with Gasteiger partial charge in [0.15, 0.2) is 5.82 Å². The van der Waals surface area contributed by atoms with Crippen LogP contribution in [0.4, 0.5) is 11.6 Å². The number of anilines is 2. The Kier molecular flexibility index (Phi) is 5.15. The number of aromatic nitrogens is 4. The molecule has 2 aromatic heterocycles. The molecule has 8 nitrogen and oxygen atoms in total. The third kappa shape index (κ3) is 4.11. The van der Waals surface area contributed by atoms with E-state index in [1.165, 1.54) is 0 Å². The first-order valence-corrected chi connectivity index (χ1v) is 6.24. The number of hydrazine groups is 1. The minimum atomic E-state index is 0.339. The molecule has 0 fully saturated rings. The SMILES string of the molecule is CCOCc1nc(NN)cc(NCc2cccnn2)n1. The number of hydrogen-bond acceptors (Lipinski definition) is 8. The van der Waals surface area contributed by atoms with E-state index in [0.29, 0.717) is 37.2 Å². The van der Waals surface area contributed by atoms with Crippen molar-refractivity contribution in [1.82, 2.24) is 20.2 Å². The minimum absolute atomic E-state index is 0.339. The highest BCUT2D eigenvalue weighted by molar-refractivity contribution is 5.46. The minimum Gasteiger partial charge on any atom is -0.374 e. The van der Waals surface area contributed by atoms with E-state index in [1.807, 2.05) is 19.1 Å². The molecular weight excluding hydrogens is 258 g/mol. The van der Waals surface area contributed by atoms with Gasteiger partial charge in [-0.15, -0.1) is 0 Å². The van der Waals surface area contributed by atoms with Crippen molar-refractivity contribution in [3.8, 4) is 0 Å². The van der Waals surface area contributed by atoms with E-state index in [-0.39, 0.29) is 0 Å². The van der Waals surface area contributed by atoms with Crippen LogP contribution in [-0.4, -0.2) is 26.8 Å². The van der Waals surface area contributed by atoms with Crippen LogP contribution in [0.2, 0.25) is 0 Å². The van der Waals surface area contributed by atoms with Gasteiger partial charge in [0.1, 0.15) is 18.2 Å². The molecule has 2 heterocycles. The van der Waals surface area contributed by atoms with Gasteiger partial charge >= 0.3 is 0 Å². The summed E-state index contributed by atoms with van der Waals surface area (Å²) in [4.78, 5) is 8.55. The first kappa shape index (κ1) is 14.1. The molecule has 20 heavy (non-hydrogen) atoms. The zero-order chi connectivity index (χ0) is 14.2. The van der Waals surface area contributed by atoms with Crippen LogP contribution in [0.3, 0.4) is 0 Å². The van der Waals surface area contributed by atoms with Crippen LogP contribution in [0.15, 0.2) is 24.4 Å². The Balaban J connectivity index is 2.06. The summed E-state index contributed by atoms with van der Waals surface area (Å²) in [6.45, 7) is 3.37. The second kappa shape index (κ2) is 7.31. The van der Waals surface area contributed by atoms with Crippen molar-refractivity contribution in [2.45, 2.75) is 20.1 Å². The third-order valence-corrected chi connectivity index (χ3v) is 2.43. The first-order chi connectivity index (χ1) is 9.81. The second-order valence-corrected chi connectivity index (χ2v) is 3.90. The maximum Gasteiger partial charge on any atom is 0.158 e. The van der Waals surface area contributed by atoms with E-state index in [1.54, 1.807) is 12.3 Å². The highest BCUT2D eigenvalue weighted by Crippen LogP contribution is 2.12. The van der Waals surface area contributed by atoms with Crippen molar-refractivity contribution in [2.24, 2.45) is 5.84 Å². The number of nitrogens with two attached hydrogens (primary N) is 1. The predicted octanol–water partition coefficient (Wildman–Crippen LogP) is 0.701. The fourth-order valence-corrected chi connectivity index (χ4v) is 1.53. The standard InChI is InChI=1S/C12H17N7O/c1-2-20-8-12-16-10(6-11(17-12)18-13)14-7-9-4-3-5-15-19-9/h3-6H,2,7-8,13H2,1H3,(H2,14,16,17,18). The average Bonchev–Trinajstić information content (AvgIpc) is 2.51. The Morgan fingerprint density at radius 1 is 1.30 bits per heavy atom. The molecule has 0 aliphatic rings. The lowest BCUT2D eigenvalue weighted by molar-refractivity contribution is 0.128. The largest absolute Gasteiger partial charge is 0.374 e. The summed E-state index contributed by atoms with van der Waals surface area (Å²) in [7, 11) is 0. The lowest BCUT2D eigenvalue weighted by Gasteiger charge is -2.09. The fraction of sp³-hybridized carbons (Fsp3) is 0.333. The number of nitrogens with one attached hydrogen (secondary N) is 2. The van der Waals surface area contributed by atoms with Gasteiger partial charge in [-0.05, 0) is 19.1 Å². The van der Waals surface area contributed by atoms with Crippen molar-refractivity contribution < 1.29 is 4.74 Å². The molecule has 0 spiro atoms. The quantitative estimate of drug-likeness (QED) is 0.500. The van der Waals surface area contributed by atoms with Crippen molar-refractivity contribution >= 4 is 11.6 Å². The van der Waals surface area contributed by atoms with E-state index in [2.05, 4.69) is 30.9 Å². The Hall–Kier alpha value is -2.32. The van der Waals surface area contributed by atoms with Crippen molar-refractivity contribution in [3.05, 3.63) is 35.9 Å². The van der Waals surface area contributed by atoms with Gasteiger partial charge in [-0.25, -0.2) is 15.8 Å². The zero-order valence-corrected chi connectivity index (χ0v) is 11.2. The number of ether oxygens (including phenoxy) is 1. The lowest BCUT2D eigenvalue weighted by atomic mass is 10.4. The van der Waals surface area contributed by atoms with Gasteiger partial charge in [-0.1, -0.05) is 0 Å². The highest BCUT2D eigenvalue weighted by atomic mass is 16.5. The van der Waals surface area contributed by atoms with Crippen molar-refractivity contribution in [1.29, 1.82) is 0 Å². The molecule has 0 aliphatic heterocycles. The number of hydrogen-bond donors (Lipinski definition) is 3. The maximum atomic E-state index is 5.39. The molecule has 0 amide bonds. The van der Waals surface area contributed by atoms with Crippen LogP contribution >= 0.6 is 0 Å². The van der Waals surface area contributed by atoms with Gasteiger partial charge < -0.3 is 15.5 Å². The summed E-state index contributed by atoms with van der Waals surface area (Å²) in [5.41, 5.74) is 3.33. The van der Waals surface area contributed by atoms with Gasteiger partial charge in [0, 0.05) is 18.9 Å². The van der Waals surface area contributed by atoms with Gasteiger partial charge in [0.2, 0.25) is 0 Å². The van der Waals surface area contributed by atoms with E-state index in [9.17, 15) is 0 Å². The summed E-state index contributed by atoms with van der Waals surface area (Å²) in [6, 6.07) is 5.42. The summed E-state index contributed by atoms with van der Waals surface area (Å²) in [6.07, 6.45) is 1.63. The van der Waals surface area contributed by atoms with Crippen LogP contribution in [0.1, 0.15) is 18.4 Å². The maximum absolute atomic E-state index is 5.39. The molecule has 0 saturated heterocycles. The molecule has 8 heteroatoms. The summed E-state index contributed by atoms with van der Waals surface area (Å²) in [5, 5.41) is 10.9. The zero-order valence-electron chi connectivity index (χ0n) is 11.2. The summed E-state index contributed by atoms with van der Waals surface area (Å²) < 4.78 is 5.29.